The van der Waals surface area contributed by atoms with Crippen LogP contribution in [0.3, 0.4) is 0 Å². The summed E-state index contributed by atoms with van der Waals surface area (Å²) in [5, 5.41) is 0.0301. The van der Waals surface area contributed by atoms with Crippen LogP contribution in [0.1, 0.15) is 0 Å². The SMILES string of the molecule is O=C1CO[N+](=O)N1. The van der Waals surface area contributed by atoms with Crippen molar-refractivity contribution in [2.24, 2.45) is 0 Å². The minimum absolute atomic E-state index is 0.0301. The van der Waals surface area contributed by atoms with Crippen LogP contribution in [0.15, 0.2) is 0 Å². The largest absolute Gasteiger partial charge is 0.365 e. The van der Waals surface area contributed by atoms with Gasteiger partial charge >= 0.3 is 10.9 Å². The fraction of sp³-hybridized carbons (Fsp3) is 0.500. The number of rotatable bonds is 0. The summed E-state index contributed by atoms with van der Waals surface area (Å²) in [6, 6.07) is 0. The normalized spacial score (nSPS) is 18.9. The first kappa shape index (κ1) is 4.04. The van der Waals surface area contributed by atoms with Crippen LogP contribution in [0, 0.1) is 4.91 Å². The fourth-order valence-corrected chi connectivity index (χ4v) is 0.284. The molecule has 0 aromatic carbocycles. The number of carbonyl (C=O) groups excluding carboxylic acids is 1. The summed E-state index contributed by atoms with van der Waals surface area (Å²) < 4.78 is 0. The summed E-state index contributed by atoms with van der Waals surface area (Å²) in [6.45, 7) is -0.163. The number of carbonyl (C=O) groups is 1. The van der Waals surface area contributed by atoms with E-state index in [1.54, 1.807) is 0 Å². The Labute approximate surface area is 38.8 Å². The van der Waals surface area contributed by atoms with Gasteiger partial charge in [0.25, 0.3) is 6.61 Å². The molecule has 0 unspecified atom stereocenters. The molecule has 0 spiro atoms. The summed E-state index contributed by atoms with van der Waals surface area (Å²) in [4.78, 5) is 23.9. The minimum atomic E-state index is -0.407. The maximum Gasteiger partial charge on any atom is 0.365 e. The number of hydrogen-bond donors (Lipinski definition) is 1. The van der Waals surface area contributed by atoms with E-state index in [-0.39, 0.29) is 11.6 Å². The molecule has 1 heterocycles. The zero-order valence-electron chi connectivity index (χ0n) is 3.38. The molecule has 7 heavy (non-hydrogen) atoms. The molecule has 0 aromatic heterocycles. The van der Waals surface area contributed by atoms with Crippen LogP contribution in [0.25, 0.3) is 0 Å². The topological polar surface area (TPSA) is 58.4 Å². The van der Waals surface area contributed by atoms with Gasteiger partial charge in [-0.2, -0.15) is 4.84 Å². The number of nitrogens with one attached hydrogen (secondary N) is 1. The highest BCUT2D eigenvalue weighted by molar-refractivity contribution is 5.76. The molecule has 5 nitrogen and oxygen atoms in total. The Bertz CT molecular complexity index is 106. The highest BCUT2D eigenvalue weighted by Gasteiger charge is 2.26. The zero-order valence-corrected chi connectivity index (χ0v) is 3.38. The molecule has 0 radical (unpaired) electrons. The van der Waals surface area contributed by atoms with Gasteiger partial charge in [0.15, 0.2) is 0 Å². The summed E-state index contributed by atoms with van der Waals surface area (Å²) in [6.07, 6.45) is 0. The Hall–Kier alpha value is -1.13. The first-order valence-corrected chi connectivity index (χ1v) is 1.69. The Kier molecular flexibility index (Phi) is 0.680. The van der Waals surface area contributed by atoms with Crippen LogP contribution in [0.5, 0.6) is 0 Å². The minimum Gasteiger partial charge on any atom is -0.265 e. The number of hydrazine groups is 1. The molecule has 1 saturated heterocycles. The molecule has 0 atom stereocenters. The van der Waals surface area contributed by atoms with Crippen molar-refractivity contribution in [2.45, 2.75) is 0 Å². The third-order valence-electron chi connectivity index (χ3n) is 0.529. The van der Waals surface area contributed by atoms with Gasteiger partial charge in [-0.25, -0.2) is 0 Å². The Morgan fingerprint density at radius 1 is 1.86 bits per heavy atom. The average molecular weight is 103 g/mol. The Morgan fingerprint density at radius 3 is 2.71 bits per heavy atom. The van der Waals surface area contributed by atoms with Crippen molar-refractivity contribution in [3.05, 3.63) is 4.91 Å². The van der Waals surface area contributed by atoms with E-state index in [0.29, 0.717) is 0 Å². The third-order valence-corrected chi connectivity index (χ3v) is 0.529. The van der Waals surface area contributed by atoms with E-state index < -0.39 is 5.91 Å². The summed E-state index contributed by atoms with van der Waals surface area (Å²) in [7, 11) is 0. The van der Waals surface area contributed by atoms with E-state index in [1.165, 1.54) is 0 Å². The second kappa shape index (κ2) is 1.18. The van der Waals surface area contributed by atoms with Crippen molar-refractivity contribution in [1.29, 1.82) is 0 Å². The molecule has 1 rings (SSSR count). The van der Waals surface area contributed by atoms with Gasteiger partial charge in [-0.1, -0.05) is 0 Å². The highest BCUT2D eigenvalue weighted by atomic mass is 16.8. The first-order chi connectivity index (χ1) is 3.29. The van der Waals surface area contributed by atoms with Crippen molar-refractivity contribution in [1.82, 2.24) is 5.43 Å². The Morgan fingerprint density at radius 2 is 2.57 bits per heavy atom. The molecule has 0 bridgehead atoms. The van der Waals surface area contributed by atoms with E-state index in [1.807, 2.05) is 5.43 Å². The Balaban J connectivity index is 2.55. The zero-order chi connectivity index (χ0) is 5.28. The number of nitrogens with zero attached hydrogens (tertiary/aromatic N) is 1. The molecule has 1 aliphatic heterocycles. The number of hydrogen-bond acceptors (Lipinski definition) is 3. The second-order valence-electron chi connectivity index (χ2n) is 1.07. The molecule has 0 aromatic rings. The van der Waals surface area contributed by atoms with Gasteiger partial charge in [0, 0.05) is 0 Å². The molecule has 38 valence electrons. The van der Waals surface area contributed by atoms with Crippen molar-refractivity contribution >= 4 is 5.91 Å². The molecule has 5 heteroatoms. The molecule has 1 fully saturated rings. The van der Waals surface area contributed by atoms with Crippen molar-refractivity contribution in [2.75, 3.05) is 6.61 Å². The molecule has 1 N–H and O–H groups in total. The molecule has 0 saturated carbocycles. The molecular weight excluding hydrogens is 100 g/mol. The molecule has 1 aliphatic rings. The number of amides is 1. The van der Waals surface area contributed by atoms with E-state index in [2.05, 4.69) is 4.84 Å². The third kappa shape index (κ3) is 0.648. The van der Waals surface area contributed by atoms with Crippen LogP contribution in [0.4, 0.5) is 0 Å². The van der Waals surface area contributed by atoms with Gasteiger partial charge in [-0.15, -0.1) is 0 Å². The molecule has 1 amide bonds. The van der Waals surface area contributed by atoms with Gasteiger partial charge in [-0.3, -0.25) is 4.79 Å². The van der Waals surface area contributed by atoms with E-state index >= 15 is 0 Å². The predicted octanol–water partition coefficient (Wildman–Crippen LogP) is -1.26. The van der Waals surface area contributed by atoms with Crippen molar-refractivity contribution in [3.8, 4) is 0 Å². The van der Waals surface area contributed by atoms with E-state index in [9.17, 15) is 9.70 Å². The standard InChI is InChI=1S/C2H2N2O3/c5-2-1-7-4(6)3-2/h1H2/p+1. The lowest BCUT2D eigenvalue weighted by molar-refractivity contribution is -0.816. The van der Waals surface area contributed by atoms with Gasteiger partial charge in [0.1, 0.15) is 4.91 Å². The maximum atomic E-state index is 9.98. The molecular formula is C2H3N2O3+. The first-order valence-electron chi connectivity index (χ1n) is 1.69. The van der Waals surface area contributed by atoms with Gasteiger partial charge in [0.05, 0.1) is 0 Å². The van der Waals surface area contributed by atoms with Gasteiger partial charge < -0.3 is 0 Å². The van der Waals surface area contributed by atoms with Crippen LogP contribution in [-0.4, -0.2) is 17.5 Å². The molecule has 0 aliphatic carbocycles. The average Bonchev–Trinajstić information content (AvgIpc) is 1.87. The fourth-order valence-electron chi connectivity index (χ4n) is 0.284. The van der Waals surface area contributed by atoms with E-state index in [0.717, 1.165) is 0 Å². The van der Waals surface area contributed by atoms with Crippen molar-refractivity contribution in [3.63, 3.8) is 0 Å². The lowest BCUT2D eigenvalue weighted by Crippen LogP contribution is -2.20. The van der Waals surface area contributed by atoms with Crippen LogP contribution in [0.2, 0.25) is 0 Å². The lowest BCUT2D eigenvalue weighted by Gasteiger charge is -1.64. The summed E-state index contributed by atoms with van der Waals surface area (Å²) in [5.74, 6) is -0.407. The van der Waals surface area contributed by atoms with E-state index in [4.69, 9.17) is 0 Å². The van der Waals surface area contributed by atoms with Gasteiger partial charge in [0.2, 0.25) is 0 Å². The van der Waals surface area contributed by atoms with Crippen LogP contribution >= 0.6 is 0 Å². The maximum absolute atomic E-state index is 9.98. The van der Waals surface area contributed by atoms with Crippen LogP contribution in [-0.2, 0) is 9.63 Å². The highest BCUT2D eigenvalue weighted by Crippen LogP contribution is 1.81. The monoisotopic (exact) mass is 103 g/mol. The second-order valence-corrected chi connectivity index (χ2v) is 1.07. The smallest absolute Gasteiger partial charge is 0.265 e. The lowest BCUT2D eigenvalue weighted by atomic mass is 10.7. The van der Waals surface area contributed by atoms with Crippen molar-refractivity contribution < 1.29 is 14.7 Å². The van der Waals surface area contributed by atoms with Gasteiger partial charge in [-0.05, 0) is 5.43 Å². The summed E-state index contributed by atoms with van der Waals surface area (Å²) in [5.41, 5.74) is 1.83. The predicted molar refractivity (Wildman–Crippen MR) is 17.7 cm³/mol. The summed E-state index contributed by atoms with van der Waals surface area (Å²) >= 11 is 0. The quantitative estimate of drug-likeness (QED) is 0.416. The van der Waals surface area contributed by atoms with Crippen LogP contribution < -0.4 is 5.43 Å².